The molecular weight excluding hydrogens is 276 g/mol. The zero-order valence-corrected chi connectivity index (χ0v) is 11.7. The van der Waals surface area contributed by atoms with Crippen molar-refractivity contribution in [1.29, 1.82) is 0 Å². The van der Waals surface area contributed by atoms with Gasteiger partial charge in [-0.1, -0.05) is 41.9 Å². The first kappa shape index (κ1) is 14.0. The van der Waals surface area contributed by atoms with Crippen LogP contribution in [-0.4, -0.2) is 23.3 Å². The molecule has 112 valence electrons. The van der Waals surface area contributed by atoms with Crippen LogP contribution in [0.15, 0.2) is 34.7 Å². The number of aromatic nitrogens is 2. The van der Waals surface area contributed by atoms with Gasteiger partial charge in [0.2, 0.25) is 0 Å². The highest BCUT2D eigenvalue weighted by atomic mass is 19.3. The fourth-order valence-electron chi connectivity index (χ4n) is 3.09. The van der Waals surface area contributed by atoms with Gasteiger partial charge in [-0.2, -0.15) is 8.78 Å². The Morgan fingerprint density at radius 3 is 2.62 bits per heavy atom. The van der Waals surface area contributed by atoms with Crippen LogP contribution in [0, 0.1) is 0 Å². The number of likely N-dealkylation sites (N-methyl/N-ethyl adjacent to an activating group) is 1. The van der Waals surface area contributed by atoms with Crippen molar-refractivity contribution in [2.75, 3.05) is 11.9 Å². The van der Waals surface area contributed by atoms with E-state index in [1.165, 1.54) is 5.56 Å². The van der Waals surface area contributed by atoms with Crippen LogP contribution in [0.25, 0.3) is 0 Å². The van der Waals surface area contributed by atoms with Crippen LogP contribution in [0.4, 0.5) is 14.8 Å². The summed E-state index contributed by atoms with van der Waals surface area (Å²) >= 11 is 0. The van der Waals surface area contributed by atoms with Crippen LogP contribution in [0.3, 0.4) is 0 Å². The summed E-state index contributed by atoms with van der Waals surface area (Å²) in [6.45, 7) is 0. The van der Waals surface area contributed by atoms with Crippen LogP contribution in [0.5, 0.6) is 0 Å². The third-order valence-electron chi connectivity index (χ3n) is 4.12. The molecule has 0 amide bonds. The van der Waals surface area contributed by atoms with Crippen LogP contribution in [0.1, 0.15) is 43.1 Å². The number of benzene rings is 1. The number of anilines is 1. The number of hydrogen-bond donors (Lipinski definition) is 0. The molecule has 3 rings (SSSR count). The van der Waals surface area contributed by atoms with E-state index in [1.807, 2.05) is 30.1 Å². The maximum atomic E-state index is 12.5. The molecule has 0 radical (unpaired) electrons. The Morgan fingerprint density at radius 2 is 1.95 bits per heavy atom. The van der Waals surface area contributed by atoms with Crippen LogP contribution < -0.4 is 4.90 Å². The average Bonchev–Trinajstić information content (AvgIpc) is 3.17. The smallest absolute Gasteiger partial charge is 0.318 e. The Hall–Kier alpha value is -1.98. The molecule has 6 heteroatoms. The highest BCUT2D eigenvalue weighted by Crippen LogP contribution is 2.38. The summed E-state index contributed by atoms with van der Waals surface area (Å²) in [6.07, 6.45) is 0.440. The third kappa shape index (κ3) is 2.75. The fourth-order valence-corrected chi connectivity index (χ4v) is 3.09. The standard InChI is InChI=1S/C15H17F2N3O/c1-20(15-19-18-14(21-15)13(16)17)12-9-5-8-11(12)10-6-3-2-4-7-10/h2-4,6-7,11-13H,5,8-9H2,1H3/t11-,12+/m0/s1. The number of hydrogen-bond acceptors (Lipinski definition) is 4. The van der Waals surface area contributed by atoms with Crippen molar-refractivity contribution < 1.29 is 13.2 Å². The Bertz CT molecular complexity index is 588. The van der Waals surface area contributed by atoms with Crippen LogP contribution in [0.2, 0.25) is 0 Å². The second-order valence-electron chi connectivity index (χ2n) is 5.35. The van der Waals surface area contributed by atoms with Crippen molar-refractivity contribution in [2.45, 2.75) is 37.6 Å². The summed E-state index contributed by atoms with van der Waals surface area (Å²) < 4.78 is 30.2. The number of alkyl halides is 2. The van der Waals surface area contributed by atoms with Gasteiger partial charge in [0.1, 0.15) is 0 Å². The van der Waals surface area contributed by atoms with E-state index < -0.39 is 12.3 Å². The summed E-state index contributed by atoms with van der Waals surface area (Å²) in [6, 6.07) is 10.6. The molecule has 0 N–H and O–H groups in total. The second kappa shape index (κ2) is 5.79. The maximum Gasteiger partial charge on any atom is 0.318 e. The molecular formula is C15H17F2N3O. The van der Waals surface area contributed by atoms with E-state index in [0.29, 0.717) is 5.92 Å². The molecule has 1 aromatic carbocycles. The molecule has 21 heavy (non-hydrogen) atoms. The second-order valence-corrected chi connectivity index (χ2v) is 5.35. The molecule has 1 aromatic heterocycles. The van der Waals surface area contributed by atoms with E-state index in [2.05, 4.69) is 22.3 Å². The lowest BCUT2D eigenvalue weighted by atomic mass is 9.93. The van der Waals surface area contributed by atoms with Crippen molar-refractivity contribution in [1.82, 2.24) is 10.2 Å². The maximum absolute atomic E-state index is 12.5. The summed E-state index contributed by atoms with van der Waals surface area (Å²) in [5.41, 5.74) is 1.26. The first-order valence-electron chi connectivity index (χ1n) is 7.06. The van der Waals surface area contributed by atoms with Gasteiger partial charge in [0.25, 0.3) is 5.89 Å². The fraction of sp³-hybridized carbons (Fsp3) is 0.467. The van der Waals surface area contributed by atoms with Gasteiger partial charge < -0.3 is 9.32 Å². The lowest BCUT2D eigenvalue weighted by molar-refractivity contribution is 0.115. The van der Waals surface area contributed by atoms with Crippen LogP contribution in [-0.2, 0) is 0 Å². The molecule has 1 heterocycles. The average molecular weight is 293 g/mol. The molecule has 1 fully saturated rings. The third-order valence-corrected chi connectivity index (χ3v) is 4.12. The highest BCUT2D eigenvalue weighted by molar-refractivity contribution is 5.32. The molecule has 0 saturated heterocycles. The van der Waals surface area contributed by atoms with Crippen molar-refractivity contribution in [3.8, 4) is 0 Å². The predicted octanol–water partition coefficient (Wildman–Crippen LogP) is 3.78. The number of halogens is 2. The Kier molecular flexibility index (Phi) is 3.86. The SMILES string of the molecule is CN(c1nnc(C(F)F)o1)[C@@H]1CCC[C@H]1c1ccccc1. The first-order chi connectivity index (χ1) is 10.2. The van der Waals surface area contributed by atoms with Crippen molar-refractivity contribution in [3.05, 3.63) is 41.8 Å². The molecule has 1 aliphatic carbocycles. The number of nitrogens with zero attached hydrogens (tertiary/aromatic N) is 3. The lowest BCUT2D eigenvalue weighted by Crippen LogP contribution is -2.33. The van der Waals surface area contributed by atoms with Crippen molar-refractivity contribution in [2.24, 2.45) is 0 Å². The van der Waals surface area contributed by atoms with Crippen LogP contribution >= 0.6 is 0 Å². The number of rotatable bonds is 4. The van der Waals surface area contributed by atoms with E-state index in [0.717, 1.165) is 19.3 Å². The van der Waals surface area contributed by atoms with E-state index in [-0.39, 0.29) is 12.1 Å². The molecule has 0 spiro atoms. The summed E-state index contributed by atoms with van der Waals surface area (Å²) in [7, 11) is 1.83. The molecule has 1 saturated carbocycles. The zero-order chi connectivity index (χ0) is 14.8. The summed E-state index contributed by atoms with van der Waals surface area (Å²) in [4.78, 5) is 1.84. The van der Waals surface area contributed by atoms with Gasteiger partial charge in [0.05, 0.1) is 0 Å². The molecule has 2 aromatic rings. The minimum Gasteiger partial charge on any atom is -0.402 e. The van der Waals surface area contributed by atoms with Gasteiger partial charge in [-0.05, 0) is 18.4 Å². The van der Waals surface area contributed by atoms with Crippen molar-refractivity contribution in [3.63, 3.8) is 0 Å². The molecule has 0 aliphatic heterocycles. The van der Waals surface area contributed by atoms with E-state index >= 15 is 0 Å². The van der Waals surface area contributed by atoms with Gasteiger partial charge in [0.15, 0.2) is 0 Å². The van der Waals surface area contributed by atoms with Gasteiger partial charge in [-0.3, -0.25) is 0 Å². The molecule has 0 unspecified atom stereocenters. The van der Waals surface area contributed by atoms with Crippen molar-refractivity contribution >= 4 is 6.01 Å². The molecule has 1 aliphatic rings. The summed E-state index contributed by atoms with van der Waals surface area (Å²) in [5, 5.41) is 7.14. The first-order valence-corrected chi connectivity index (χ1v) is 7.06. The largest absolute Gasteiger partial charge is 0.402 e. The molecule has 2 atom stereocenters. The van der Waals surface area contributed by atoms with E-state index in [9.17, 15) is 8.78 Å². The van der Waals surface area contributed by atoms with Gasteiger partial charge in [-0.25, -0.2) is 0 Å². The molecule has 0 bridgehead atoms. The van der Waals surface area contributed by atoms with Gasteiger partial charge in [-0.15, -0.1) is 5.10 Å². The van der Waals surface area contributed by atoms with Gasteiger partial charge in [0, 0.05) is 19.0 Å². The zero-order valence-electron chi connectivity index (χ0n) is 11.7. The monoisotopic (exact) mass is 293 g/mol. The quantitative estimate of drug-likeness (QED) is 0.860. The predicted molar refractivity (Wildman–Crippen MR) is 74.5 cm³/mol. The summed E-state index contributed by atoms with van der Waals surface area (Å²) in [5.74, 6) is -0.260. The Balaban J connectivity index is 1.81. The Morgan fingerprint density at radius 1 is 1.19 bits per heavy atom. The molecule has 4 nitrogen and oxygen atoms in total. The lowest BCUT2D eigenvalue weighted by Gasteiger charge is -2.28. The highest BCUT2D eigenvalue weighted by Gasteiger charge is 2.34. The topological polar surface area (TPSA) is 42.2 Å². The normalized spacial score (nSPS) is 21.9. The van der Waals surface area contributed by atoms with E-state index in [4.69, 9.17) is 4.42 Å². The van der Waals surface area contributed by atoms with E-state index in [1.54, 1.807) is 0 Å². The van der Waals surface area contributed by atoms with Gasteiger partial charge >= 0.3 is 12.4 Å². The Labute approximate surface area is 121 Å². The minimum atomic E-state index is -2.73. The minimum absolute atomic E-state index is 0.165.